The number of halogens is 2. The van der Waals surface area contributed by atoms with E-state index in [1.54, 1.807) is 6.07 Å². The van der Waals surface area contributed by atoms with Crippen LogP contribution in [0.3, 0.4) is 0 Å². The quantitative estimate of drug-likeness (QED) is 0.598. The van der Waals surface area contributed by atoms with Crippen molar-refractivity contribution in [3.05, 3.63) is 30.1 Å². The summed E-state index contributed by atoms with van der Waals surface area (Å²) in [5.41, 5.74) is 0.391. The standard InChI is InChI=1S/C13H17ClFNO2/c14-8-3-1-2-4-9-18-13(17)16-12-7-5-6-11(15)10-12/h5-7,10H,1-4,8-9H2,(H,16,17). The molecule has 100 valence electrons. The van der Waals surface area contributed by atoms with Crippen molar-refractivity contribution in [1.82, 2.24) is 0 Å². The smallest absolute Gasteiger partial charge is 0.411 e. The number of hydrogen-bond acceptors (Lipinski definition) is 2. The molecule has 1 aromatic carbocycles. The molecule has 0 spiro atoms. The van der Waals surface area contributed by atoms with Crippen molar-refractivity contribution in [2.75, 3.05) is 17.8 Å². The van der Waals surface area contributed by atoms with Gasteiger partial charge < -0.3 is 4.74 Å². The lowest BCUT2D eigenvalue weighted by Crippen LogP contribution is -2.14. The molecule has 0 aliphatic carbocycles. The van der Waals surface area contributed by atoms with E-state index in [2.05, 4.69) is 5.32 Å². The van der Waals surface area contributed by atoms with E-state index in [4.69, 9.17) is 16.3 Å². The highest BCUT2D eigenvalue weighted by Gasteiger charge is 2.03. The topological polar surface area (TPSA) is 38.3 Å². The maximum absolute atomic E-state index is 12.8. The predicted octanol–water partition coefficient (Wildman–Crippen LogP) is 4.17. The second-order valence-electron chi connectivity index (χ2n) is 3.87. The molecular weight excluding hydrogens is 257 g/mol. The molecule has 0 aromatic heterocycles. The van der Waals surface area contributed by atoms with Crippen LogP contribution in [0, 0.1) is 5.82 Å². The van der Waals surface area contributed by atoms with Gasteiger partial charge in [-0.3, -0.25) is 5.32 Å². The van der Waals surface area contributed by atoms with Gasteiger partial charge in [-0.1, -0.05) is 18.9 Å². The first kappa shape index (κ1) is 14.8. The van der Waals surface area contributed by atoms with E-state index < -0.39 is 11.9 Å². The fourth-order valence-electron chi connectivity index (χ4n) is 1.44. The fourth-order valence-corrected chi connectivity index (χ4v) is 1.62. The van der Waals surface area contributed by atoms with Crippen LogP contribution in [0.1, 0.15) is 25.7 Å². The van der Waals surface area contributed by atoms with Gasteiger partial charge in [0.25, 0.3) is 0 Å². The number of amides is 1. The van der Waals surface area contributed by atoms with Gasteiger partial charge in [0.15, 0.2) is 0 Å². The number of rotatable bonds is 7. The molecule has 0 saturated heterocycles. The maximum atomic E-state index is 12.8. The fraction of sp³-hybridized carbons (Fsp3) is 0.462. The second-order valence-corrected chi connectivity index (χ2v) is 4.25. The third-order valence-electron chi connectivity index (χ3n) is 2.33. The number of anilines is 1. The van der Waals surface area contributed by atoms with Crippen LogP contribution >= 0.6 is 11.6 Å². The summed E-state index contributed by atoms with van der Waals surface area (Å²) in [7, 11) is 0. The van der Waals surface area contributed by atoms with Crippen molar-refractivity contribution < 1.29 is 13.9 Å². The van der Waals surface area contributed by atoms with Crippen molar-refractivity contribution in [1.29, 1.82) is 0 Å². The third kappa shape index (κ3) is 6.45. The van der Waals surface area contributed by atoms with Crippen molar-refractivity contribution in [2.45, 2.75) is 25.7 Å². The van der Waals surface area contributed by atoms with Crippen molar-refractivity contribution >= 4 is 23.4 Å². The SMILES string of the molecule is O=C(Nc1cccc(F)c1)OCCCCCCCl. The summed E-state index contributed by atoms with van der Waals surface area (Å²) in [5, 5.41) is 2.46. The normalized spacial score (nSPS) is 10.1. The molecule has 0 saturated carbocycles. The Labute approximate surface area is 111 Å². The zero-order valence-electron chi connectivity index (χ0n) is 10.1. The van der Waals surface area contributed by atoms with Crippen LogP contribution < -0.4 is 5.32 Å². The van der Waals surface area contributed by atoms with Gasteiger partial charge >= 0.3 is 6.09 Å². The van der Waals surface area contributed by atoms with Crippen LogP contribution in [-0.2, 0) is 4.74 Å². The van der Waals surface area contributed by atoms with Gasteiger partial charge in [-0.15, -0.1) is 11.6 Å². The summed E-state index contributed by atoms with van der Waals surface area (Å²) in [5.74, 6) is 0.273. The highest BCUT2D eigenvalue weighted by Crippen LogP contribution is 2.09. The van der Waals surface area contributed by atoms with Crippen LogP contribution in [-0.4, -0.2) is 18.6 Å². The average Bonchev–Trinajstić information content (AvgIpc) is 2.33. The lowest BCUT2D eigenvalue weighted by atomic mass is 10.2. The number of hydrogen-bond donors (Lipinski definition) is 1. The molecule has 0 radical (unpaired) electrons. The van der Waals surface area contributed by atoms with Crippen LogP contribution in [0.2, 0.25) is 0 Å². The predicted molar refractivity (Wildman–Crippen MR) is 70.6 cm³/mol. The number of carbonyl (C=O) groups is 1. The molecule has 0 fully saturated rings. The Bertz CT molecular complexity index is 374. The lowest BCUT2D eigenvalue weighted by Gasteiger charge is -2.06. The summed E-state index contributed by atoms with van der Waals surface area (Å²) in [6.45, 7) is 0.365. The van der Waals surface area contributed by atoms with Crippen LogP contribution in [0.5, 0.6) is 0 Å². The molecular formula is C13H17ClFNO2. The summed E-state index contributed by atoms with van der Waals surface area (Å²) >= 11 is 5.54. The summed E-state index contributed by atoms with van der Waals surface area (Å²) in [6.07, 6.45) is 3.26. The molecule has 0 aliphatic heterocycles. The van der Waals surface area contributed by atoms with Gasteiger partial charge in [0.2, 0.25) is 0 Å². The molecule has 5 heteroatoms. The molecule has 1 amide bonds. The molecule has 3 nitrogen and oxygen atoms in total. The van der Waals surface area contributed by atoms with Gasteiger partial charge in [-0.25, -0.2) is 9.18 Å². The van der Waals surface area contributed by atoms with E-state index in [0.717, 1.165) is 25.7 Å². The largest absolute Gasteiger partial charge is 0.449 e. The number of nitrogens with one attached hydrogen (secondary N) is 1. The minimum Gasteiger partial charge on any atom is -0.449 e. The highest BCUT2D eigenvalue weighted by molar-refractivity contribution is 6.17. The van der Waals surface area contributed by atoms with Crippen molar-refractivity contribution in [3.8, 4) is 0 Å². The highest BCUT2D eigenvalue weighted by atomic mass is 35.5. The number of alkyl halides is 1. The van der Waals surface area contributed by atoms with Gasteiger partial charge in [0.05, 0.1) is 6.61 Å². The van der Waals surface area contributed by atoms with Gasteiger partial charge in [0.1, 0.15) is 5.82 Å². The summed E-state index contributed by atoms with van der Waals surface area (Å²) in [6, 6.07) is 5.68. The van der Waals surface area contributed by atoms with Crippen LogP contribution in [0.15, 0.2) is 24.3 Å². The Hall–Kier alpha value is -1.29. The molecule has 1 aromatic rings. The molecule has 0 atom stereocenters. The average molecular weight is 274 g/mol. The van der Waals surface area contributed by atoms with E-state index in [1.165, 1.54) is 18.2 Å². The Morgan fingerprint density at radius 1 is 1.28 bits per heavy atom. The van der Waals surface area contributed by atoms with Gasteiger partial charge in [0, 0.05) is 11.6 Å². The van der Waals surface area contributed by atoms with Crippen molar-refractivity contribution in [2.24, 2.45) is 0 Å². The van der Waals surface area contributed by atoms with Gasteiger partial charge in [-0.2, -0.15) is 0 Å². The second kappa shape index (κ2) is 8.75. The van der Waals surface area contributed by atoms with E-state index >= 15 is 0 Å². The Morgan fingerprint density at radius 2 is 2.06 bits per heavy atom. The first-order chi connectivity index (χ1) is 8.72. The van der Waals surface area contributed by atoms with E-state index in [1.807, 2.05) is 0 Å². The molecule has 1 N–H and O–H groups in total. The van der Waals surface area contributed by atoms with E-state index in [9.17, 15) is 9.18 Å². The van der Waals surface area contributed by atoms with Crippen LogP contribution in [0.25, 0.3) is 0 Å². The van der Waals surface area contributed by atoms with E-state index in [-0.39, 0.29) is 0 Å². The zero-order valence-corrected chi connectivity index (χ0v) is 10.9. The van der Waals surface area contributed by atoms with Gasteiger partial charge in [-0.05, 0) is 31.0 Å². The molecule has 0 unspecified atom stereocenters. The monoisotopic (exact) mass is 273 g/mol. The molecule has 18 heavy (non-hydrogen) atoms. The zero-order chi connectivity index (χ0) is 13.2. The summed E-state index contributed by atoms with van der Waals surface area (Å²) < 4.78 is 17.8. The maximum Gasteiger partial charge on any atom is 0.411 e. The lowest BCUT2D eigenvalue weighted by molar-refractivity contribution is 0.159. The number of ether oxygens (including phenoxy) is 1. The van der Waals surface area contributed by atoms with Crippen LogP contribution in [0.4, 0.5) is 14.9 Å². The first-order valence-corrected chi connectivity index (χ1v) is 6.51. The summed E-state index contributed by atoms with van der Waals surface area (Å²) in [4.78, 5) is 11.3. The molecule has 1 rings (SSSR count). The number of carbonyl (C=O) groups excluding carboxylic acids is 1. The Kier molecular flexibility index (Phi) is 7.18. The number of benzene rings is 1. The minimum atomic E-state index is -0.557. The first-order valence-electron chi connectivity index (χ1n) is 5.97. The Balaban J connectivity index is 2.14. The molecule has 0 bridgehead atoms. The molecule has 0 heterocycles. The Morgan fingerprint density at radius 3 is 2.78 bits per heavy atom. The van der Waals surface area contributed by atoms with Crippen molar-refractivity contribution in [3.63, 3.8) is 0 Å². The van der Waals surface area contributed by atoms with E-state index in [0.29, 0.717) is 18.2 Å². The third-order valence-corrected chi connectivity index (χ3v) is 2.60. The minimum absolute atomic E-state index is 0.365. The number of unbranched alkanes of at least 4 members (excludes halogenated alkanes) is 3. The molecule has 0 aliphatic rings.